The van der Waals surface area contributed by atoms with Crippen LogP contribution < -0.4 is 11.1 Å². The van der Waals surface area contributed by atoms with Crippen LogP contribution in [0.25, 0.3) is 0 Å². The zero-order valence-electron chi connectivity index (χ0n) is 13.0. The Labute approximate surface area is 130 Å². The molecule has 1 aromatic carbocycles. The van der Waals surface area contributed by atoms with Crippen molar-refractivity contribution < 1.29 is 9.59 Å². The lowest BCUT2D eigenvalue weighted by Gasteiger charge is -2.26. The van der Waals surface area contributed by atoms with E-state index >= 15 is 0 Å². The number of carbonyl (C=O) groups is 2. The lowest BCUT2D eigenvalue weighted by Crippen LogP contribution is -2.45. The van der Waals surface area contributed by atoms with Crippen molar-refractivity contribution in [1.82, 2.24) is 4.90 Å². The molecule has 0 saturated carbocycles. The van der Waals surface area contributed by atoms with Gasteiger partial charge in [-0.25, -0.2) is 0 Å². The number of hydrogen-bond donors (Lipinski definition) is 2. The molecule has 0 fully saturated rings. The number of benzene rings is 1. The number of amides is 2. The van der Waals surface area contributed by atoms with Crippen LogP contribution in [-0.2, 0) is 4.79 Å². The van der Waals surface area contributed by atoms with Crippen molar-refractivity contribution in [3.8, 4) is 0 Å². The number of nitrogens with one attached hydrogen (secondary N) is 1. The van der Waals surface area contributed by atoms with Crippen LogP contribution >= 0.6 is 11.6 Å². The Hall–Kier alpha value is -1.59. The number of nitrogens with zero attached hydrogens (tertiary/aromatic N) is 1. The molecule has 0 aliphatic carbocycles. The molecule has 0 aliphatic heterocycles. The maximum absolute atomic E-state index is 12.2. The standard InChI is InChI=1S/C15H22ClN3O2/c1-15(2,3)12(17)13(20)18-11-8-9(16)6-7-10(11)14(21)19(4)5/h6-8,12H,17H2,1-5H3,(H,18,20)/t12-/m0/s1. The molecule has 5 nitrogen and oxygen atoms in total. The fourth-order valence-corrected chi connectivity index (χ4v) is 1.82. The monoisotopic (exact) mass is 311 g/mol. The summed E-state index contributed by atoms with van der Waals surface area (Å²) in [6.07, 6.45) is 0. The predicted molar refractivity (Wildman–Crippen MR) is 85.5 cm³/mol. The van der Waals surface area contributed by atoms with Crippen molar-refractivity contribution in [2.75, 3.05) is 19.4 Å². The quantitative estimate of drug-likeness (QED) is 0.899. The molecule has 0 spiro atoms. The van der Waals surface area contributed by atoms with Gasteiger partial charge < -0.3 is 16.0 Å². The van der Waals surface area contributed by atoms with Gasteiger partial charge in [-0.05, 0) is 23.6 Å². The van der Waals surface area contributed by atoms with E-state index in [0.29, 0.717) is 16.3 Å². The predicted octanol–water partition coefficient (Wildman–Crippen LogP) is 2.35. The molecular weight excluding hydrogens is 290 g/mol. The highest BCUT2D eigenvalue weighted by Gasteiger charge is 2.28. The van der Waals surface area contributed by atoms with Crippen LogP contribution in [0.1, 0.15) is 31.1 Å². The second-order valence-corrected chi connectivity index (χ2v) is 6.66. The zero-order chi connectivity index (χ0) is 16.4. The summed E-state index contributed by atoms with van der Waals surface area (Å²) >= 11 is 5.95. The van der Waals surface area contributed by atoms with Crippen molar-refractivity contribution in [2.45, 2.75) is 26.8 Å². The van der Waals surface area contributed by atoms with E-state index in [4.69, 9.17) is 17.3 Å². The van der Waals surface area contributed by atoms with Gasteiger partial charge >= 0.3 is 0 Å². The highest BCUT2D eigenvalue weighted by Crippen LogP contribution is 2.24. The van der Waals surface area contributed by atoms with Crippen LogP contribution in [0.5, 0.6) is 0 Å². The van der Waals surface area contributed by atoms with Crippen molar-refractivity contribution in [1.29, 1.82) is 0 Å². The molecular formula is C15H22ClN3O2. The molecule has 1 rings (SSSR count). The first-order valence-electron chi connectivity index (χ1n) is 6.61. The number of hydrogen-bond acceptors (Lipinski definition) is 3. The molecule has 21 heavy (non-hydrogen) atoms. The third kappa shape index (κ3) is 4.44. The molecule has 1 aromatic rings. The summed E-state index contributed by atoms with van der Waals surface area (Å²) in [6, 6.07) is 4.05. The molecule has 116 valence electrons. The number of nitrogens with two attached hydrogens (primary N) is 1. The summed E-state index contributed by atoms with van der Waals surface area (Å²) in [4.78, 5) is 25.8. The number of anilines is 1. The van der Waals surface area contributed by atoms with Crippen LogP contribution in [0.3, 0.4) is 0 Å². The maximum atomic E-state index is 12.2. The lowest BCUT2D eigenvalue weighted by atomic mass is 9.87. The van der Waals surface area contributed by atoms with Crippen molar-refractivity contribution >= 4 is 29.1 Å². The Morgan fingerprint density at radius 2 is 1.86 bits per heavy atom. The Kier molecular flexibility index (Phi) is 5.36. The van der Waals surface area contributed by atoms with Gasteiger partial charge in [0.05, 0.1) is 17.3 Å². The Balaban J connectivity index is 3.10. The summed E-state index contributed by atoms with van der Waals surface area (Å²) in [6.45, 7) is 5.63. The summed E-state index contributed by atoms with van der Waals surface area (Å²) in [5, 5.41) is 3.13. The molecule has 0 saturated heterocycles. The first-order valence-corrected chi connectivity index (χ1v) is 6.99. The summed E-state index contributed by atoms with van der Waals surface area (Å²) in [7, 11) is 3.28. The summed E-state index contributed by atoms with van der Waals surface area (Å²) < 4.78 is 0. The largest absolute Gasteiger partial charge is 0.345 e. The van der Waals surface area contributed by atoms with Crippen LogP contribution in [0.4, 0.5) is 5.69 Å². The van der Waals surface area contributed by atoms with E-state index in [1.165, 1.54) is 4.90 Å². The molecule has 0 aromatic heterocycles. The van der Waals surface area contributed by atoms with Crippen LogP contribution in [-0.4, -0.2) is 36.9 Å². The number of rotatable bonds is 3. The van der Waals surface area contributed by atoms with Crippen LogP contribution in [0.15, 0.2) is 18.2 Å². The maximum Gasteiger partial charge on any atom is 0.255 e. The average molecular weight is 312 g/mol. The normalized spacial score (nSPS) is 12.7. The molecule has 0 heterocycles. The van der Waals surface area contributed by atoms with Gasteiger partial charge in [0.2, 0.25) is 5.91 Å². The van der Waals surface area contributed by atoms with Crippen molar-refractivity contribution in [3.05, 3.63) is 28.8 Å². The van der Waals surface area contributed by atoms with E-state index in [1.54, 1.807) is 32.3 Å². The minimum Gasteiger partial charge on any atom is -0.345 e. The Bertz CT molecular complexity index is 550. The SMILES string of the molecule is CN(C)C(=O)c1ccc(Cl)cc1NC(=O)[C@H](N)C(C)(C)C. The average Bonchev–Trinajstić information content (AvgIpc) is 2.36. The Morgan fingerprint density at radius 1 is 1.29 bits per heavy atom. The highest BCUT2D eigenvalue weighted by molar-refractivity contribution is 6.31. The molecule has 0 bridgehead atoms. The lowest BCUT2D eigenvalue weighted by molar-refractivity contribution is -0.119. The minimum absolute atomic E-state index is 0.216. The molecule has 1 atom stereocenters. The first-order chi connectivity index (χ1) is 9.54. The molecule has 3 N–H and O–H groups in total. The summed E-state index contributed by atoms with van der Waals surface area (Å²) in [5.74, 6) is -0.566. The van der Waals surface area contributed by atoms with E-state index in [1.807, 2.05) is 20.8 Å². The first kappa shape index (κ1) is 17.5. The second kappa shape index (κ2) is 6.45. The third-order valence-electron chi connectivity index (χ3n) is 3.09. The fraction of sp³-hybridized carbons (Fsp3) is 0.467. The smallest absolute Gasteiger partial charge is 0.255 e. The van der Waals surface area contributed by atoms with Gasteiger partial charge in [0.25, 0.3) is 5.91 Å². The third-order valence-corrected chi connectivity index (χ3v) is 3.33. The highest BCUT2D eigenvalue weighted by atomic mass is 35.5. The molecule has 2 amide bonds. The van der Waals surface area contributed by atoms with E-state index in [0.717, 1.165) is 0 Å². The summed E-state index contributed by atoms with van der Waals surface area (Å²) in [5.41, 5.74) is 6.29. The van der Waals surface area contributed by atoms with Crippen LogP contribution in [0, 0.1) is 5.41 Å². The van der Waals surface area contributed by atoms with Crippen LogP contribution in [0.2, 0.25) is 5.02 Å². The Morgan fingerprint density at radius 3 is 2.33 bits per heavy atom. The molecule has 0 unspecified atom stereocenters. The van der Waals surface area contributed by atoms with Gasteiger partial charge in [0, 0.05) is 19.1 Å². The zero-order valence-corrected chi connectivity index (χ0v) is 13.8. The molecule has 6 heteroatoms. The topological polar surface area (TPSA) is 75.4 Å². The minimum atomic E-state index is -0.696. The fourth-order valence-electron chi connectivity index (χ4n) is 1.65. The van der Waals surface area contributed by atoms with Gasteiger partial charge in [-0.2, -0.15) is 0 Å². The molecule has 0 radical (unpaired) electrons. The second-order valence-electron chi connectivity index (χ2n) is 6.22. The van der Waals surface area contributed by atoms with Gasteiger partial charge in [-0.15, -0.1) is 0 Å². The van der Waals surface area contributed by atoms with Gasteiger partial charge in [-0.3, -0.25) is 9.59 Å². The van der Waals surface area contributed by atoms with E-state index in [2.05, 4.69) is 5.32 Å². The van der Waals surface area contributed by atoms with E-state index < -0.39 is 6.04 Å². The van der Waals surface area contributed by atoms with E-state index in [9.17, 15) is 9.59 Å². The number of halogens is 1. The van der Waals surface area contributed by atoms with Gasteiger partial charge in [0.1, 0.15) is 0 Å². The van der Waals surface area contributed by atoms with Gasteiger partial charge in [-0.1, -0.05) is 32.4 Å². The molecule has 0 aliphatic rings. The number of carbonyl (C=O) groups excluding carboxylic acids is 2. The van der Waals surface area contributed by atoms with Crippen molar-refractivity contribution in [2.24, 2.45) is 11.1 Å². The van der Waals surface area contributed by atoms with Gasteiger partial charge in [0.15, 0.2) is 0 Å². The van der Waals surface area contributed by atoms with E-state index in [-0.39, 0.29) is 17.2 Å². The van der Waals surface area contributed by atoms with Crippen molar-refractivity contribution in [3.63, 3.8) is 0 Å².